The molecule has 1 aliphatic rings. The lowest BCUT2D eigenvalue weighted by Gasteiger charge is -2.28. The second kappa shape index (κ2) is 7.81. The molecule has 0 spiro atoms. The molecule has 0 aliphatic heterocycles. The third kappa shape index (κ3) is 4.70. The number of rotatable bonds is 5. The zero-order valence-corrected chi connectivity index (χ0v) is 14.7. The Balaban J connectivity index is 1.47. The van der Waals surface area contributed by atoms with Gasteiger partial charge in [0.2, 0.25) is 0 Å². The van der Waals surface area contributed by atoms with Crippen molar-refractivity contribution in [3.63, 3.8) is 0 Å². The standard InChI is InChI=1S/C23H30/c1-3-19-8-10-21(11-9-19)17-23-14-12-22(13-15-23)16-20-6-4-18(2)5-7-20/h4-11,22-23H,3,12-17H2,1-2H3. The first kappa shape index (κ1) is 16.3. The van der Waals surface area contributed by atoms with Crippen LogP contribution in [-0.2, 0) is 19.3 Å². The Morgan fingerprint density at radius 1 is 0.652 bits per heavy atom. The molecule has 0 aromatic heterocycles. The van der Waals surface area contributed by atoms with Crippen LogP contribution in [-0.4, -0.2) is 0 Å². The second-order valence-electron chi connectivity index (χ2n) is 7.45. The van der Waals surface area contributed by atoms with E-state index in [1.807, 2.05) is 0 Å². The highest BCUT2D eigenvalue weighted by Crippen LogP contribution is 2.33. The van der Waals surface area contributed by atoms with Crippen molar-refractivity contribution >= 4 is 0 Å². The summed E-state index contributed by atoms with van der Waals surface area (Å²) in [6, 6.07) is 18.4. The van der Waals surface area contributed by atoms with E-state index in [1.165, 1.54) is 60.8 Å². The first-order valence-electron chi connectivity index (χ1n) is 9.36. The van der Waals surface area contributed by atoms with Gasteiger partial charge in [0.25, 0.3) is 0 Å². The third-order valence-corrected chi connectivity index (χ3v) is 5.57. The van der Waals surface area contributed by atoms with Crippen molar-refractivity contribution in [1.82, 2.24) is 0 Å². The van der Waals surface area contributed by atoms with Crippen molar-refractivity contribution in [2.75, 3.05) is 0 Å². The molecule has 2 aromatic rings. The summed E-state index contributed by atoms with van der Waals surface area (Å²) in [5.41, 5.74) is 5.88. The van der Waals surface area contributed by atoms with E-state index >= 15 is 0 Å². The Bertz CT molecular complexity index is 583. The predicted octanol–water partition coefficient (Wildman–Crippen LogP) is 6.15. The maximum Gasteiger partial charge on any atom is -0.0250 e. The van der Waals surface area contributed by atoms with Crippen LogP contribution in [0.1, 0.15) is 54.9 Å². The fourth-order valence-corrected chi connectivity index (χ4v) is 3.94. The maximum absolute atomic E-state index is 2.34. The van der Waals surface area contributed by atoms with E-state index in [0.29, 0.717) is 0 Å². The molecule has 0 atom stereocenters. The molecule has 23 heavy (non-hydrogen) atoms. The van der Waals surface area contributed by atoms with Crippen molar-refractivity contribution in [2.45, 2.75) is 58.8 Å². The molecular formula is C23H30. The monoisotopic (exact) mass is 306 g/mol. The molecule has 0 saturated heterocycles. The molecule has 0 bridgehead atoms. The van der Waals surface area contributed by atoms with Crippen LogP contribution in [0.25, 0.3) is 0 Å². The van der Waals surface area contributed by atoms with E-state index in [4.69, 9.17) is 0 Å². The van der Waals surface area contributed by atoms with Gasteiger partial charge in [0, 0.05) is 0 Å². The first-order valence-corrected chi connectivity index (χ1v) is 9.36. The largest absolute Gasteiger partial charge is 0.0613 e. The fraction of sp³-hybridized carbons (Fsp3) is 0.478. The molecule has 0 nitrogen and oxygen atoms in total. The Kier molecular flexibility index (Phi) is 5.54. The first-order chi connectivity index (χ1) is 11.2. The van der Waals surface area contributed by atoms with Gasteiger partial charge in [-0.05, 0) is 80.4 Å². The molecule has 0 unspecified atom stereocenters. The lowest BCUT2D eigenvalue weighted by atomic mass is 9.77. The number of aryl methyl sites for hydroxylation is 2. The van der Waals surface area contributed by atoms with E-state index in [0.717, 1.165) is 18.3 Å². The van der Waals surface area contributed by atoms with Crippen LogP contribution in [0.5, 0.6) is 0 Å². The minimum atomic E-state index is 0.899. The van der Waals surface area contributed by atoms with E-state index in [1.54, 1.807) is 0 Å². The van der Waals surface area contributed by atoms with Gasteiger partial charge in [-0.25, -0.2) is 0 Å². The van der Waals surface area contributed by atoms with Gasteiger partial charge in [-0.3, -0.25) is 0 Å². The Hall–Kier alpha value is -1.56. The van der Waals surface area contributed by atoms with Crippen molar-refractivity contribution in [2.24, 2.45) is 11.8 Å². The minimum Gasteiger partial charge on any atom is -0.0613 e. The molecule has 122 valence electrons. The van der Waals surface area contributed by atoms with Crippen molar-refractivity contribution in [3.05, 3.63) is 70.8 Å². The van der Waals surface area contributed by atoms with Gasteiger partial charge >= 0.3 is 0 Å². The Labute approximate surface area is 141 Å². The molecule has 3 rings (SSSR count). The summed E-state index contributed by atoms with van der Waals surface area (Å²) in [4.78, 5) is 0. The van der Waals surface area contributed by atoms with Crippen LogP contribution < -0.4 is 0 Å². The van der Waals surface area contributed by atoms with Crippen molar-refractivity contribution in [3.8, 4) is 0 Å². The molecule has 1 aliphatic carbocycles. The maximum atomic E-state index is 2.34. The van der Waals surface area contributed by atoms with Crippen molar-refractivity contribution in [1.29, 1.82) is 0 Å². The van der Waals surface area contributed by atoms with Gasteiger partial charge in [0.15, 0.2) is 0 Å². The summed E-state index contributed by atoms with van der Waals surface area (Å²) in [6.45, 7) is 4.40. The van der Waals surface area contributed by atoms with Crippen LogP contribution in [0, 0.1) is 18.8 Å². The summed E-state index contributed by atoms with van der Waals surface area (Å²) in [5.74, 6) is 1.80. The van der Waals surface area contributed by atoms with Gasteiger partial charge in [0.1, 0.15) is 0 Å². The molecule has 0 heterocycles. The summed E-state index contributed by atoms with van der Waals surface area (Å²) < 4.78 is 0. The molecule has 1 saturated carbocycles. The molecular weight excluding hydrogens is 276 g/mol. The molecule has 0 radical (unpaired) electrons. The quantitative estimate of drug-likeness (QED) is 0.621. The highest BCUT2D eigenvalue weighted by molar-refractivity contribution is 5.23. The SMILES string of the molecule is CCc1ccc(CC2CCC(Cc3ccc(C)cc3)CC2)cc1. The van der Waals surface area contributed by atoms with E-state index in [2.05, 4.69) is 62.4 Å². The Morgan fingerprint density at radius 2 is 1.04 bits per heavy atom. The van der Waals surface area contributed by atoms with Crippen LogP contribution in [0.3, 0.4) is 0 Å². The molecule has 0 amide bonds. The summed E-state index contributed by atoms with van der Waals surface area (Å²) in [6.07, 6.45) is 9.33. The van der Waals surface area contributed by atoms with Crippen molar-refractivity contribution < 1.29 is 0 Å². The van der Waals surface area contributed by atoms with Crippen LogP contribution >= 0.6 is 0 Å². The van der Waals surface area contributed by atoms with Gasteiger partial charge in [-0.15, -0.1) is 0 Å². The third-order valence-electron chi connectivity index (χ3n) is 5.57. The molecule has 0 heteroatoms. The van der Waals surface area contributed by atoms with Crippen LogP contribution in [0.4, 0.5) is 0 Å². The average molecular weight is 306 g/mol. The number of hydrogen-bond donors (Lipinski definition) is 0. The molecule has 0 N–H and O–H groups in total. The van der Waals surface area contributed by atoms with Crippen LogP contribution in [0.15, 0.2) is 48.5 Å². The van der Waals surface area contributed by atoms with Crippen LogP contribution in [0.2, 0.25) is 0 Å². The smallest absolute Gasteiger partial charge is 0.0250 e. The van der Waals surface area contributed by atoms with Gasteiger partial charge in [0.05, 0.1) is 0 Å². The minimum absolute atomic E-state index is 0.899. The highest BCUT2D eigenvalue weighted by Gasteiger charge is 2.21. The van der Waals surface area contributed by atoms with E-state index in [-0.39, 0.29) is 0 Å². The van der Waals surface area contributed by atoms with Gasteiger partial charge in [-0.1, -0.05) is 61.0 Å². The highest BCUT2D eigenvalue weighted by atomic mass is 14.3. The number of benzene rings is 2. The normalized spacial score (nSPS) is 21.3. The average Bonchev–Trinajstić information content (AvgIpc) is 2.59. The summed E-state index contributed by atoms with van der Waals surface area (Å²) >= 11 is 0. The van der Waals surface area contributed by atoms with Gasteiger partial charge < -0.3 is 0 Å². The predicted molar refractivity (Wildman–Crippen MR) is 99.9 cm³/mol. The summed E-state index contributed by atoms with van der Waals surface area (Å²) in [5, 5.41) is 0. The lowest BCUT2D eigenvalue weighted by Crippen LogP contribution is -2.18. The molecule has 2 aromatic carbocycles. The molecule has 1 fully saturated rings. The topological polar surface area (TPSA) is 0 Å². The zero-order chi connectivity index (χ0) is 16.1. The second-order valence-corrected chi connectivity index (χ2v) is 7.45. The summed E-state index contributed by atoms with van der Waals surface area (Å²) in [7, 11) is 0. The van der Waals surface area contributed by atoms with Gasteiger partial charge in [-0.2, -0.15) is 0 Å². The van der Waals surface area contributed by atoms with E-state index < -0.39 is 0 Å². The van der Waals surface area contributed by atoms with E-state index in [9.17, 15) is 0 Å². The number of hydrogen-bond acceptors (Lipinski definition) is 0. The lowest BCUT2D eigenvalue weighted by molar-refractivity contribution is 0.272. The zero-order valence-electron chi connectivity index (χ0n) is 14.7. The Morgan fingerprint density at radius 3 is 1.48 bits per heavy atom. The fourth-order valence-electron chi connectivity index (χ4n) is 3.94.